The van der Waals surface area contributed by atoms with Gasteiger partial charge in [-0.1, -0.05) is 88.4 Å². The summed E-state index contributed by atoms with van der Waals surface area (Å²) in [5, 5.41) is 12.5. The molecule has 0 atom stereocenters. The van der Waals surface area contributed by atoms with Crippen molar-refractivity contribution in [2.75, 3.05) is 5.32 Å². The van der Waals surface area contributed by atoms with Crippen LogP contribution < -0.4 is 5.32 Å². The van der Waals surface area contributed by atoms with Crippen molar-refractivity contribution in [3.63, 3.8) is 0 Å². The molecule has 2 N–H and O–H groups in total. The van der Waals surface area contributed by atoms with Crippen LogP contribution in [0.3, 0.4) is 0 Å². The Morgan fingerprint density at radius 2 is 1.50 bits per heavy atom. The standard InChI is InChI=1S/C21H25NO2.C10H14/c1-14(2)18-10-8-17(9-11-18)13-22-20-7-5-6-15(3)19(20)12-16(4)21(23)24;1-3-9-6-5-7-10(4-2)8-9/h5-12,14,22H,13H2,1-4H3,(H,23,24);5-8H,3-4H2,1-2H3/b16-12+;. The van der Waals surface area contributed by atoms with E-state index in [1.165, 1.54) is 22.3 Å². The lowest BCUT2D eigenvalue weighted by molar-refractivity contribution is -0.132. The molecule has 3 rings (SSSR count). The van der Waals surface area contributed by atoms with Gasteiger partial charge in [-0.2, -0.15) is 0 Å². The lowest BCUT2D eigenvalue weighted by Crippen LogP contribution is -2.03. The molecule has 0 aliphatic heterocycles. The van der Waals surface area contributed by atoms with Crippen molar-refractivity contribution >= 4 is 17.7 Å². The van der Waals surface area contributed by atoms with Crippen molar-refractivity contribution in [1.29, 1.82) is 0 Å². The van der Waals surface area contributed by atoms with Crippen LogP contribution in [0.15, 0.2) is 72.3 Å². The lowest BCUT2D eigenvalue weighted by Gasteiger charge is -2.13. The number of aryl methyl sites for hydroxylation is 3. The first-order valence-corrected chi connectivity index (χ1v) is 12.2. The van der Waals surface area contributed by atoms with Crippen LogP contribution in [-0.4, -0.2) is 11.1 Å². The summed E-state index contributed by atoms with van der Waals surface area (Å²) in [4.78, 5) is 11.1. The second kappa shape index (κ2) is 13.4. The number of rotatable bonds is 8. The van der Waals surface area contributed by atoms with E-state index >= 15 is 0 Å². The predicted molar refractivity (Wildman–Crippen MR) is 146 cm³/mol. The molecule has 3 heteroatoms. The number of aliphatic carboxylic acids is 1. The van der Waals surface area contributed by atoms with E-state index in [-0.39, 0.29) is 0 Å². The van der Waals surface area contributed by atoms with Crippen molar-refractivity contribution in [2.45, 2.75) is 66.8 Å². The van der Waals surface area contributed by atoms with E-state index in [1.54, 1.807) is 13.0 Å². The monoisotopic (exact) mass is 457 g/mol. The summed E-state index contributed by atoms with van der Waals surface area (Å²) >= 11 is 0. The molecule has 3 aromatic rings. The molecule has 0 bridgehead atoms. The zero-order chi connectivity index (χ0) is 25.1. The van der Waals surface area contributed by atoms with Gasteiger partial charge in [0.2, 0.25) is 0 Å². The van der Waals surface area contributed by atoms with Crippen molar-refractivity contribution in [3.8, 4) is 0 Å². The minimum atomic E-state index is -0.895. The fraction of sp³-hybridized carbons (Fsp3) is 0.323. The lowest BCUT2D eigenvalue weighted by atomic mass is 10.0. The van der Waals surface area contributed by atoms with Gasteiger partial charge in [0.1, 0.15) is 0 Å². The summed E-state index contributed by atoms with van der Waals surface area (Å²) in [7, 11) is 0. The molecule has 0 aliphatic rings. The van der Waals surface area contributed by atoms with E-state index in [4.69, 9.17) is 5.11 Å². The second-order valence-electron chi connectivity index (χ2n) is 8.95. The number of benzene rings is 3. The van der Waals surface area contributed by atoms with Gasteiger partial charge in [0, 0.05) is 23.4 Å². The average molecular weight is 458 g/mol. The van der Waals surface area contributed by atoms with Gasteiger partial charge in [-0.05, 0) is 72.6 Å². The van der Waals surface area contributed by atoms with E-state index in [2.05, 4.69) is 81.5 Å². The summed E-state index contributed by atoms with van der Waals surface area (Å²) in [6.07, 6.45) is 4.02. The maximum Gasteiger partial charge on any atom is 0.331 e. The Bertz CT molecular complexity index is 1080. The highest BCUT2D eigenvalue weighted by Gasteiger charge is 2.07. The second-order valence-corrected chi connectivity index (χ2v) is 8.95. The van der Waals surface area contributed by atoms with Gasteiger partial charge in [0.15, 0.2) is 0 Å². The highest BCUT2D eigenvalue weighted by molar-refractivity contribution is 5.93. The molecule has 0 heterocycles. The molecule has 0 fully saturated rings. The average Bonchev–Trinajstić information content (AvgIpc) is 2.84. The minimum absolute atomic E-state index is 0.327. The van der Waals surface area contributed by atoms with Crippen LogP contribution in [0.4, 0.5) is 5.69 Å². The number of hydrogen-bond donors (Lipinski definition) is 2. The van der Waals surface area contributed by atoms with Gasteiger partial charge < -0.3 is 10.4 Å². The molecule has 0 amide bonds. The molecule has 0 unspecified atom stereocenters. The van der Waals surface area contributed by atoms with E-state index in [9.17, 15) is 4.79 Å². The Balaban J connectivity index is 0.000000340. The van der Waals surface area contributed by atoms with Crippen LogP contribution in [-0.2, 0) is 24.2 Å². The van der Waals surface area contributed by atoms with Crippen molar-refractivity contribution < 1.29 is 9.90 Å². The van der Waals surface area contributed by atoms with E-state index in [1.807, 2.05) is 25.1 Å². The van der Waals surface area contributed by atoms with Crippen LogP contribution in [0.25, 0.3) is 6.08 Å². The molecule has 0 saturated heterocycles. The van der Waals surface area contributed by atoms with Gasteiger partial charge in [-0.15, -0.1) is 0 Å². The third kappa shape index (κ3) is 8.22. The number of carbonyl (C=O) groups is 1. The number of anilines is 1. The summed E-state index contributed by atoms with van der Waals surface area (Å²) in [5.74, 6) is -0.368. The molecule has 180 valence electrons. The van der Waals surface area contributed by atoms with Gasteiger partial charge in [-0.25, -0.2) is 4.79 Å². The van der Waals surface area contributed by atoms with Crippen LogP contribution in [0.2, 0.25) is 0 Å². The Kier molecular flexibility index (Phi) is 10.6. The summed E-state index contributed by atoms with van der Waals surface area (Å²) in [5.41, 5.74) is 8.67. The Labute approximate surface area is 205 Å². The van der Waals surface area contributed by atoms with E-state index in [0.717, 1.165) is 29.7 Å². The first-order valence-electron chi connectivity index (χ1n) is 12.2. The summed E-state index contributed by atoms with van der Waals surface area (Å²) in [6, 6.07) is 23.3. The quantitative estimate of drug-likeness (QED) is 0.337. The van der Waals surface area contributed by atoms with Gasteiger partial charge in [-0.3, -0.25) is 0 Å². The fourth-order valence-corrected chi connectivity index (χ4v) is 3.59. The van der Waals surface area contributed by atoms with E-state index in [0.29, 0.717) is 18.0 Å². The van der Waals surface area contributed by atoms with Gasteiger partial charge in [0.25, 0.3) is 0 Å². The first-order chi connectivity index (χ1) is 16.2. The summed E-state index contributed by atoms with van der Waals surface area (Å²) in [6.45, 7) is 13.1. The number of carboxylic acids is 1. The summed E-state index contributed by atoms with van der Waals surface area (Å²) < 4.78 is 0. The highest BCUT2D eigenvalue weighted by atomic mass is 16.4. The SMILES string of the molecule is C/C(=C\c1c(C)cccc1NCc1ccc(C(C)C)cc1)C(=O)O.CCc1cccc(CC)c1. The number of hydrogen-bond acceptors (Lipinski definition) is 2. The third-order valence-electron chi connectivity index (χ3n) is 5.96. The maximum absolute atomic E-state index is 11.1. The largest absolute Gasteiger partial charge is 0.478 e. The molecule has 0 aliphatic carbocycles. The van der Waals surface area contributed by atoms with Gasteiger partial charge >= 0.3 is 5.97 Å². The molecule has 3 aromatic carbocycles. The predicted octanol–water partition coefficient (Wildman–Crippen LogP) is 8.03. The zero-order valence-electron chi connectivity index (χ0n) is 21.5. The van der Waals surface area contributed by atoms with Gasteiger partial charge in [0.05, 0.1) is 0 Å². The van der Waals surface area contributed by atoms with Crippen LogP contribution in [0.1, 0.15) is 73.9 Å². The topological polar surface area (TPSA) is 49.3 Å². The van der Waals surface area contributed by atoms with Crippen molar-refractivity contribution in [1.82, 2.24) is 0 Å². The molecule has 0 aromatic heterocycles. The Morgan fingerprint density at radius 3 is 2.03 bits per heavy atom. The number of carboxylic acid groups (broad SMARTS) is 1. The van der Waals surface area contributed by atoms with Crippen molar-refractivity contribution in [3.05, 3.63) is 106 Å². The third-order valence-corrected chi connectivity index (χ3v) is 5.96. The van der Waals surface area contributed by atoms with E-state index < -0.39 is 5.97 Å². The van der Waals surface area contributed by atoms with Crippen LogP contribution >= 0.6 is 0 Å². The maximum atomic E-state index is 11.1. The molecule has 0 spiro atoms. The smallest absolute Gasteiger partial charge is 0.331 e. The Hall–Kier alpha value is -3.33. The minimum Gasteiger partial charge on any atom is -0.478 e. The molecule has 34 heavy (non-hydrogen) atoms. The Morgan fingerprint density at radius 1 is 0.912 bits per heavy atom. The highest BCUT2D eigenvalue weighted by Crippen LogP contribution is 2.24. The van der Waals surface area contributed by atoms with Crippen molar-refractivity contribution in [2.24, 2.45) is 0 Å². The molecule has 3 nitrogen and oxygen atoms in total. The molecular weight excluding hydrogens is 418 g/mol. The first kappa shape index (κ1) is 26.9. The number of nitrogens with one attached hydrogen (secondary N) is 1. The van der Waals surface area contributed by atoms with Crippen LogP contribution in [0, 0.1) is 6.92 Å². The molecule has 0 saturated carbocycles. The normalized spacial score (nSPS) is 11.1. The fourth-order valence-electron chi connectivity index (χ4n) is 3.59. The molecule has 0 radical (unpaired) electrons. The zero-order valence-corrected chi connectivity index (χ0v) is 21.5. The van der Waals surface area contributed by atoms with Crippen LogP contribution in [0.5, 0.6) is 0 Å². The molecular formula is C31H39NO2.